The Labute approximate surface area is 236 Å². The van der Waals surface area contributed by atoms with Crippen LogP contribution in [-0.4, -0.2) is 81.7 Å². The van der Waals surface area contributed by atoms with Gasteiger partial charge in [0, 0.05) is 63.5 Å². The largest absolute Gasteiger partial charge is 0.468 e. The number of hydrogen-bond acceptors (Lipinski definition) is 9. The van der Waals surface area contributed by atoms with Crippen LogP contribution in [0.5, 0.6) is 0 Å². The molecule has 12 heteroatoms. The second-order valence-corrected chi connectivity index (χ2v) is 9.81. The van der Waals surface area contributed by atoms with Gasteiger partial charge in [-0.15, -0.1) is 5.10 Å². The highest BCUT2D eigenvalue weighted by atomic mass is 16.5. The van der Waals surface area contributed by atoms with E-state index in [9.17, 15) is 0 Å². The van der Waals surface area contributed by atoms with E-state index < -0.39 is 0 Å². The van der Waals surface area contributed by atoms with Gasteiger partial charge in [0.2, 0.25) is 5.96 Å². The zero-order valence-corrected chi connectivity index (χ0v) is 23.1. The molecule has 0 bridgehead atoms. The number of pyridine rings is 1. The van der Waals surface area contributed by atoms with Crippen LogP contribution in [0.2, 0.25) is 0 Å². The van der Waals surface area contributed by atoms with Crippen molar-refractivity contribution in [3.05, 3.63) is 60.6 Å². The summed E-state index contributed by atoms with van der Waals surface area (Å²) in [6, 6.07) is 7.61. The number of nitrogens with one attached hydrogen (secondary N) is 2. The lowest BCUT2D eigenvalue weighted by atomic mass is 10.2. The summed E-state index contributed by atoms with van der Waals surface area (Å²) < 4.78 is 13.0. The Morgan fingerprint density at radius 1 is 1.05 bits per heavy atom. The molecule has 0 aliphatic carbocycles. The van der Waals surface area contributed by atoms with Crippen LogP contribution < -0.4 is 10.6 Å². The maximum atomic E-state index is 8.97. The molecule has 4 heterocycles. The summed E-state index contributed by atoms with van der Waals surface area (Å²) in [6.07, 6.45) is 14.3. The number of furan rings is 1. The molecule has 12 nitrogen and oxygen atoms in total. The summed E-state index contributed by atoms with van der Waals surface area (Å²) in [6.45, 7) is 8.74. The number of ether oxygens (including phenoxy) is 1. The third kappa shape index (κ3) is 10.8. The van der Waals surface area contributed by atoms with Gasteiger partial charge in [-0.25, -0.2) is 0 Å². The molecule has 0 aromatic carbocycles. The fourth-order valence-electron chi connectivity index (χ4n) is 4.59. The van der Waals surface area contributed by atoms with Crippen LogP contribution in [0.3, 0.4) is 0 Å². The fourth-order valence-corrected chi connectivity index (χ4v) is 4.59. The summed E-state index contributed by atoms with van der Waals surface area (Å²) in [5.41, 5.74) is 1.81. The maximum Gasteiger partial charge on any atom is 0.209 e. The number of unbranched alkanes of at least 4 members (excludes halogenated alkanes) is 3. The normalized spacial score (nSPS) is 14.3. The Morgan fingerprint density at radius 2 is 1.90 bits per heavy atom. The van der Waals surface area contributed by atoms with Crippen molar-refractivity contribution < 1.29 is 9.15 Å². The van der Waals surface area contributed by atoms with E-state index >= 15 is 0 Å². The van der Waals surface area contributed by atoms with Crippen LogP contribution >= 0.6 is 0 Å². The number of aromatic nitrogens is 4. The Kier molecular flexibility index (Phi) is 12.4. The van der Waals surface area contributed by atoms with E-state index in [2.05, 4.69) is 46.9 Å². The molecule has 0 radical (unpaired) electrons. The van der Waals surface area contributed by atoms with Crippen molar-refractivity contribution in [1.82, 2.24) is 35.1 Å². The van der Waals surface area contributed by atoms with Crippen molar-refractivity contribution in [3.8, 4) is 6.19 Å². The second kappa shape index (κ2) is 17.0. The van der Waals surface area contributed by atoms with Crippen molar-refractivity contribution in [2.24, 2.45) is 4.99 Å². The van der Waals surface area contributed by atoms with Gasteiger partial charge in [-0.3, -0.25) is 29.8 Å². The molecule has 3 aromatic rings. The molecule has 40 heavy (non-hydrogen) atoms. The van der Waals surface area contributed by atoms with Crippen LogP contribution in [0.15, 0.2) is 58.5 Å². The molecule has 1 aliphatic heterocycles. The first-order valence-electron chi connectivity index (χ1n) is 14.1. The molecule has 0 atom stereocenters. The molecule has 2 N–H and O–H groups in total. The van der Waals surface area contributed by atoms with Gasteiger partial charge in [-0.05, 0) is 50.1 Å². The predicted octanol–water partition coefficient (Wildman–Crippen LogP) is 3.09. The predicted molar refractivity (Wildman–Crippen MR) is 152 cm³/mol. The van der Waals surface area contributed by atoms with Crippen LogP contribution in [0.4, 0.5) is 5.69 Å². The third-order valence-corrected chi connectivity index (χ3v) is 6.67. The van der Waals surface area contributed by atoms with Gasteiger partial charge in [0.05, 0.1) is 31.7 Å². The third-order valence-electron chi connectivity index (χ3n) is 6.67. The van der Waals surface area contributed by atoms with E-state index in [1.165, 1.54) is 0 Å². The lowest BCUT2D eigenvalue weighted by Crippen LogP contribution is -2.38. The van der Waals surface area contributed by atoms with Crippen LogP contribution in [0.25, 0.3) is 0 Å². The number of aryl methyl sites for hydroxylation is 1. The number of rotatable bonds is 16. The van der Waals surface area contributed by atoms with E-state index in [0.29, 0.717) is 12.5 Å². The average molecular weight is 549 g/mol. The smallest absolute Gasteiger partial charge is 0.209 e. The second-order valence-electron chi connectivity index (χ2n) is 9.81. The topological polar surface area (TPSA) is 133 Å². The molecule has 4 rings (SSSR count). The van der Waals surface area contributed by atoms with Gasteiger partial charge in [0.15, 0.2) is 6.19 Å². The van der Waals surface area contributed by atoms with E-state index in [-0.39, 0.29) is 0 Å². The average Bonchev–Trinajstić information content (AvgIpc) is 3.66. The molecule has 214 valence electrons. The summed E-state index contributed by atoms with van der Waals surface area (Å²) in [7, 11) is 0. The molecule has 0 amide bonds. The molecule has 3 aromatic heterocycles. The van der Waals surface area contributed by atoms with Gasteiger partial charge in [0.1, 0.15) is 5.76 Å². The number of guanidine groups is 1. The highest BCUT2D eigenvalue weighted by molar-refractivity contribution is 5.94. The standard InChI is InChI=1S/C28H40N10O2/c29-24-32-28(33-25-8-11-30-12-9-25)31-10-3-1-2-4-15-38-22-26(34-35-38)21-37(23-27-7-5-18-40-27)14-6-13-36-16-19-39-20-17-36/h5,7-9,11-12,18,22H,1-4,6,10,13-17,19-21,23H2,(H2,30,31,32,33). The van der Waals surface area contributed by atoms with Crippen molar-refractivity contribution in [2.45, 2.75) is 51.7 Å². The van der Waals surface area contributed by atoms with Gasteiger partial charge in [-0.1, -0.05) is 18.1 Å². The van der Waals surface area contributed by atoms with Gasteiger partial charge >= 0.3 is 0 Å². The lowest BCUT2D eigenvalue weighted by molar-refractivity contribution is 0.0357. The minimum Gasteiger partial charge on any atom is -0.468 e. The van der Waals surface area contributed by atoms with Crippen molar-refractivity contribution in [1.29, 1.82) is 5.26 Å². The van der Waals surface area contributed by atoms with E-state index in [1.54, 1.807) is 18.7 Å². The first-order valence-corrected chi connectivity index (χ1v) is 14.1. The van der Waals surface area contributed by atoms with Crippen LogP contribution in [0, 0.1) is 11.5 Å². The minimum absolute atomic E-state index is 0.450. The minimum atomic E-state index is 0.450. The van der Waals surface area contributed by atoms with Gasteiger partial charge < -0.3 is 14.5 Å². The summed E-state index contributed by atoms with van der Waals surface area (Å²) in [5, 5.41) is 23.5. The number of nitrogens with zero attached hydrogens (tertiary/aromatic N) is 8. The fraction of sp³-hybridized carbons (Fsp3) is 0.536. The molecule has 0 spiro atoms. The van der Waals surface area contributed by atoms with Crippen molar-refractivity contribution in [3.63, 3.8) is 0 Å². The summed E-state index contributed by atoms with van der Waals surface area (Å²) >= 11 is 0. The monoisotopic (exact) mass is 548 g/mol. The number of aliphatic imine (C=N–C) groups is 1. The molecule has 0 unspecified atom stereocenters. The number of morpholine rings is 1. The van der Waals surface area contributed by atoms with E-state index in [4.69, 9.17) is 14.4 Å². The SMILES string of the molecule is N#CNC(=NCCCCCCn1cc(CN(CCCN2CCOCC2)Cc2ccco2)nn1)Nc1ccncc1. The lowest BCUT2D eigenvalue weighted by Gasteiger charge is -2.28. The number of hydrogen-bond donors (Lipinski definition) is 2. The first-order chi connectivity index (χ1) is 19.8. The molecular formula is C28H40N10O2. The Morgan fingerprint density at radius 3 is 2.70 bits per heavy atom. The zero-order valence-electron chi connectivity index (χ0n) is 23.1. The molecule has 0 saturated carbocycles. The number of anilines is 1. The van der Waals surface area contributed by atoms with Crippen LogP contribution in [-0.2, 0) is 24.4 Å². The zero-order chi connectivity index (χ0) is 27.7. The van der Waals surface area contributed by atoms with Crippen LogP contribution in [0.1, 0.15) is 43.6 Å². The molecular weight excluding hydrogens is 508 g/mol. The van der Waals surface area contributed by atoms with Gasteiger partial charge in [0.25, 0.3) is 0 Å². The van der Waals surface area contributed by atoms with E-state index in [1.807, 2.05) is 35.1 Å². The first kappa shape index (κ1) is 29.2. The summed E-state index contributed by atoms with van der Waals surface area (Å²) in [5.74, 6) is 1.41. The molecule has 1 saturated heterocycles. The quantitative estimate of drug-likeness (QED) is 0.0904. The molecule has 1 aliphatic rings. The highest BCUT2D eigenvalue weighted by Gasteiger charge is 2.14. The highest BCUT2D eigenvalue weighted by Crippen LogP contribution is 2.11. The Hall–Kier alpha value is -3.79. The maximum absolute atomic E-state index is 8.97. The van der Waals surface area contributed by atoms with Crippen molar-refractivity contribution >= 4 is 11.6 Å². The Bertz CT molecular complexity index is 1150. The van der Waals surface area contributed by atoms with Gasteiger partial charge in [-0.2, -0.15) is 5.26 Å². The summed E-state index contributed by atoms with van der Waals surface area (Å²) in [4.78, 5) is 13.3. The Balaban J connectivity index is 1.14. The van der Waals surface area contributed by atoms with E-state index in [0.717, 1.165) is 108 Å². The van der Waals surface area contributed by atoms with Crippen molar-refractivity contribution in [2.75, 3.05) is 51.3 Å². The molecule has 1 fully saturated rings. The number of nitriles is 1.